The maximum absolute atomic E-state index is 10.8. The second kappa shape index (κ2) is 6.80. The standard InChI is InChI=1S/C11H25N3O/c1-8(2)14(9(3)4)7-6-13-10(5)11(12)15/h8-10,13H,6-7H2,1-5H3,(H2,12,15). The Labute approximate surface area is 93.2 Å². The topological polar surface area (TPSA) is 58.4 Å². The average molecular weight is 215 g/mol. The van der Waals surface area contributed by atoms with Crippen LogP contribution in [0.15, 0.2) is 0 Å². The van der Waals surface area contributed by atoms with E-state index in [-0.39, 0.29) is 11.9 Å². The fourth-order valence-corrected chi connectivity index (χ4v) is 1.62. The molecule has 4 nitrogen and oxygen atoms in total. The number of nitrogens with zero attached hydrogens (tertiary/aromatic N) is 1. The van der Waals surface area contributed by atoms with E-state index in [4.69, 9.17) is 5.73 Å². The van der Waals surface area contributed by atoms with Gasteiger partial charge in [-0.25, -0.2) is 0 Å². The van der Waals surface area contributed by atoms with Gasteiger partial charge in [0.05, 0.1) is 6.04 Å². The summed E-state index contributed by atoms with van der Waals surface area (Å²) in [6.07, 6.45) is 0. The highest BCUT2D eigenvalue weighted by Crippen LogP contribution is 2.03. The lowest BCUT2D eigenvalue weighted by Gasteiger charge is -2.30. The molecule has 0 saturated carbocycles. The number of carbonyl (C=O) groups is 1. The van der Waals surface area contributed by atoms with Gasteiger partial charge in [0, 0.05) is 25.2 Å². The highest BCUT2D eigenvalue weighted by molar-refractivity contribution is 5.79. The van der Waals surface area contributed by atoms with Crippen molar-refractivity contribution in [3.05, 3.63) is 0 Å². The Balaban J connectivity index is 3.86. The molecule has 4 heteroatoms. The molecular weight excluding hydrogens is 190 g/mol. The minimum atomic E-state index is -0.296. The Hall–Kier alpha value is -0.610. The first-order valence-electron chi connectivity index (χ1n) is 5.64. The van der Waals surface area contributed by atoms with Gasteiger partial charge < -0.3 is 11.1 Å². The van der Waals surface area contributed by atoms with Crippen molar-refractivity contribution in [2.75, 3.05) is 13.1 Å². The molecule has 0 aliphatic carbocycles. The molecule has 0 heterocycles. The predicted octanol–water partition coefficient (Wildman–Crippen LogP) is 0.569. The van der Waals surface area contributed by atoms with Crippen LogP contribution in [0.2, 0.25) is 0 Å². The van der Waals surface area contributed by atoms with Crippen molar-refractivity contribution in [3.8, 4) is 0 Å². The highest BCUT2D eigenvalue weighted by atomic mass is 16.1. The smallest absolute Gasteiger partial charge is 0.234 e. The summed E-state index contributed by atoms with van der Waals surface area (Å²) in [6, 6.07) is 0.803. The Morgan fingerprint density at radius 2 is 1.67 bits per heavy atom. The summed E-state index contributed by atoms with van der Waals surface area (Å²) in [7, 11) is 0. The predicted molar refractivity (Wildman–Crippen MR) is 63.6 cm³/mol. The van der Waals surface area contributed by atoms with Crippen molar-refractivity contribution in [1.82, 2.24) is 10.2 Å². The van der Waals surface area contributed by atoms with Crippen LogP contribution in [0.5, 0.6) is 0 Å². The largest absolute Gasteiger partial charge is 0.368 e. The van der Waals surface area contributed by atoms with Gasteiger partial charge in [-0.2, -0.15) is 0 Å². The molecule has 0 aromatic heterocycles. The van der Waals surface area contributed by atoms with Gasteiger partial charge in [-0.15, -0.1) is 0 Å². The summed E-state index contributed by atoms with van der Waals surface area (Å²) in [5, 5.41) is 3.11. The molecule has 1 amide bonds. The number of nitrogens with two attached hydrogens (primary N) is 1. The van der Waals surface area contributed by atoms with Crippen LogP contribution < -0.4 is 11.1 Å². The van der Waals surface area contributed by atoms with E-state index in [1.165, 1.54) is 0 Å². The van der Waals surface area contributed by atoms with Crippen LogP contribution in [-0.2, 0) is 4.79 Å². The van der Waals surface area contributed by atoms with Gasteiger partial charge in [0.25, 0.3) is 0 Å². The van der Waals surface area contributed by atoms with Crippen molar-refractivity contribution in [1.29, 1.82) is 0 Å². The second-order valence-electron chi connectivity index (χ2n) is 4.50. The van der Waals surface area contributed by atoms with Gasteiger partial charge in [0.1, 0.15) is 0 Å². The van der Waals surface area contributed by atoms with Gasteiger partial charge in [0.2, 0.25) is 5.91 Å². The molecule has 3 N–H and O–H groups in total. The molecule has 1 atom stereocenters. The molecule has 90 valence electrons. The molecule has 0 aromatic rings. The maximum Gasteiger partial charge on any atom is 0.234 e. The summed E-state index contributed by atoms with van der Waals surface area (Å²) in [5.74, 6) is -0.296. The fourth-order valence-electron chi connectivity index (χ4n) is 1.62. The summed E-state index contributed by atoms with van der Waals surface area (Å²) in [4.78, 5) is 13.2. The molecule has 0 saturated heterocycles. The van der Waals surface area contributed by atoms with Gasteiger partial charge in [-0.1, -0.05) is 0 Å². The number of nitrogens with one attached hydrogen (secondary N) is 1. The van der Waals surface area contributed by atoms with E-state index in [9.17, 15) is 4.79 Å². The van der Waals surface area contributed by atoms with Crippen molar-refractivity contribution in [2.45, 2.75) is 52.7 Å². The van der Waals surface area contributed by atoms with Crippen LogP contribution in [0.3, 0.4) is 0 Å². The number of hydrogen-bond donors (Lipinski definition) is 2. The van der Waals surface area contributed by atoms with E-state index in [0.29, 0.717) is 12.1 Å². The zero-order chi connectivity index (χ0) is 12.0. The van der Waals surface area contributed by atoms with Gasteiger partial charge in [-0.05, 0) is 34.6 Å². The van der Waals surface area contributed by atoms with Gasteiger partial charge in [0.15, 0.2) is 0 Å². The molecule has 15 heavy (non-hydrogen) atoms. The molecule has 0 fully saturated rings. The Kier molecular flexibility index (Phi) is 6.52. The van der Waals surface area contributed by atoms with Crippen LogP contribution in [0, 0.1) is 0 Å². The highest BCUT2D eigenvalue weighted by Gasteiger charge is 2.13. The number of primary amides is 1. The molecule has 1 unspecified atom stereocenters. The van der Waals surface area contributed by atoms with Crippen molar-refractivity contribution in [2.24, 2.45) is 5.73 Å². The fraction of sp³-hybridized carbons (Fsp3) is 0.909. The van der Waals surface area contributed by atoms with Crippen LogP contribution in [-0.4, -0.2) is 42.0 Å². The van der Waals surface area contributed by atoms with Crippen molar-refractivity contribution >= 4 is 5.91 Å². The van der Waals surface area contributed by atoms with E-state index in [0.717, 1.165) is 13.1 Å². The molecule has 0 aliphatic heterocycles. The number of rotatable bonds is 7. The molecular formula is C11H25N3O. The third kappa shape index (κ3) is 5.74. The average Bonchev–Trinajstić information content (AvgIpc) is 2.10. The normalized spacial score (nSPS) is 13.9. The maximum atomic E-state index is 10.8. The number of amides is 1. The minimum absolute atomic E-state index is 0.244. The SMILES string of the molecule is CC(NCCN(C(C)C)C(C)C)C(N)=O. The quantitative estimate of drug-likeness (QED) is 0.653. The first kappa shape index (κ1) is 14.4. The van der Waals surface area contributed by atoms with E-state index >= 15 is 0 Å². The Morgan fingerprint density at radius 3 is 2.00 bits per heavy atom. The molecule has 0 aromatic carbocycles. The first-order valence-corrected chi connectivity index (χ1v) is 5.64. The van der Waals surface area contributed by atoms with Gasteiger partial charge >= 0.3 is 0 Å². The van der Waals surface area contributed by atoms with E-state index < -0.39 is 0 Å². The zero-order valence-electron chi connectivity index (χ0n) is 10.6. The molecule has 0 spiro atoms. The van der Waals surface area contributed by atoms with E-state index in [1.807, 2.05) is 0 Å². The zero-order valence-corrected chi connectivity index (χ0v) is 10.6. The molecule has 0 radical (unpaired) electrons. The summed E-state index contributed by atoms with van der Waals surface area (Å²) in [6.45, 7) is 12.2. The summed E-state index contributed by atoms with van der Waals surface area (Å²) >= 11 is 0. The minimum Gasteiger partial charge on any atom is -0.368 e. The number of hydrogen-bond acceptors (Lipinski definition) is 3. The van der Waals surface area contributed by atoms with Crippen LogP contribution in [0.4, 0.5) is 0 Å². The van der Waals surface area contributed by atoms with Crippen molar-refractivity contribution < 1.29 is 4.79 Å². The van der Waals surface area contributed by atoms with Crippen molar-refractivity contribution in [3.63, 3.8) is 0 Å². The third-order valence-electron chi connectivity index (χ3n) is 2.57. The lowest BCUT2D eigenvalue weighted by atomic mass is 10.2. The molecule has 0 bridgehead atoms. The second-order valence-corrected chi connectivity index (χ2v) is 4.50. The Morgan fingerprint density at radius 1 is 1.20 bits per heavy atom. The van der Waals surface area contributed by atoms with Gasteiger partial charge in [-0.3, -0.25) is 9.69 Å². The van der Waals surface area contributed by atoms with Crippen LogP contribution in [0.1, 0.15) is 34.6 Å². The summed E-state index contributed by atoms with van der Waals surface area (Å²) in [5.41, 5.74) is 5.16. The Bertz CT molecular complexity index is 184. The third-order valence-corrected chi connectivity index (χ3v) is 2.57. The van der Waals surface area contributed by atoms with Crippen LogP contribution in [0.25, 0.3) is 0 Å². The number of carbonyl (C=O) groups excluding carboxylic acids is 1. The molecule has 0 rings (SSSR count). The van der Waals surface area contributed by atoms with E-state index in [1.54, 1.807) is 6.92 Å². The van der Waals surface area contributed by atoms with E-state index in [2.05, 4.69) is 37.9 Å². The first-order chi connectivity index (χ1) is 6.86. The van der Waals surface area contributed by atoms with Crippen LogP contribution >= 0.6 is 0 Å². The molecule has 0 aliphatic rings. The summed E-state index contributed by atoms with van der Waals surface area (Å²) < 4.78 is 0. The monoisotopic (exact) mass is 215 g/mol. The lowest BCUT2D eigenvalue weighted by Crippen LogP contribution is -2.45. The lowest BCUT2D eigenvalue weighted by molar-refractivity contribution is -0.119.